The molecule has 35 heavy (non-hydrogen) atoms. The fourth-order valence-corrected chi connectivity index (χ4v) is 4.43. The first-order valence-electron chi connectivity index (χ1n) is 11.0. The van der Waals surface area contributed by atoms with Crippen LogP contribution in [-0.4, -0.2) is 42.5 Å². The van der Waals surface area contributed by atoms with Crippen LogP contribution in [-0.2, 0) is 11.3 Å². The number of nitrogens with one attached hydrogen (secondary N) is 1. The van der Waals surface area contributed by atoms with Crippen molar-refractivity contribution in [3.05, 3.63) is 92.9 Å². The second-order valence-corrected chi connectivity index (χ2v) is 8.75. The van der Waals surface area contributed by atoms with Gasteiger partial charge in [0.25, 0.3) is 5.56 Å². The molecule has 4 rings (SSSR count). The third kappa shape index (κ3) is 5.19. The van der Waals surface area contributed by atoms with E-state index in [9.17, 15) is 14.4 Å². The largest absolute Gasteiger partial charge is 0.383 e. The van der Waals surface area contributed by atoms with Crippen molar-refractivity contribution in [3.8, 4) is 5.69 Å². The predicted molar refractivity (Wildman–Crippen MR) is 136 cm³/mol. The average molecular weight is 492 g/mol. The topological polar surface area (TPSA) is 132 Å². The highest BCUT2D eigenvalue weighted by molar-refractivity contribution is 7.99. The summed E-state index contributed by atoms with van der Waals surface area (Å²) >= 11 is 1.20. The number of aromatic nitrogens is 5. The maximum absolute atomic E-state index is 13.2. The standard InChI is InChI=1S/C24H25N7O3S/c1-3-29(19(32)14-35-24-28-26-15-31(24)18-11-9-16(2)10-12-18)20-21(25)30(23(34)27-22(20)33)13-17-7-5-4-6-8-17/h4-12,15H,3,13-14,25H2,1-2H3,(H,27,33,34). The van der Waals surface area contributed by atoms with E-state index in [0.717, 1.165) is 16.8 Å². The highest BCUT2D eigenvalue weighted by Gasteiger charge is 2.24. The lowest BCUT2D eigenvalue weighted by molar-refractivity contribution is -0.116. The minimum absolute atomic E-state index is 0.00487. The lowest BCUT2D eigenvalue weighted by Crippen LogP contribution is -2.41. The molecule has 2 heterocycles. The van der Waals surface area contributed by atoms with Crippen molar-refractivity contribution >= 4 is 29.2 Å². The van der Waals surface area contributed by atoms with E-state index in [2.05, 4.69) is 15.2 Å². The fraction of sp³-hybridized carbons (Fsp3) is 0.208. The van der Waals surface area contributed by atoms with E-state index in [1.807, 2.05) is 61.5 Å². The highest BCUT2D eigenvalue weighted by Crippen LogP contribution is 2.23. The van der Waals surface area contributed by atoms with Gasteiger partial charge in [-0.1, -0.05) is 59.8 Å². The van der Waals surface area contributed by atoms with Crippen LogP contribution in [0.5, 0.6) is 0 Å². The zero-order valence-corrected chi connectivity index (χ0v) is 20.2. The van der Waals surface area contributed by atoms with Crippen molar-refractivity contribution < 1.29 is 4.79 Å². The number of thioether (sulfide) groups is 1. The molecule has 2 aromatic carbocycles. The lowest BCUT2D eigenvalue weighted by atomic mass is 10.2. The zero-order chi connectivity index (χ0) is 24.9. The van der Waals surface area contributed by atoms with E-state index in [0.29, 0.717) is 5.16 Å². The molecule has 0 saturated carbocycles. The number of H-pyrrole nitrogens is 1. The Kier molecular flexibility index (Phi) is 7.16. The van der Waals surface area contributed by atoms with Crippen LogP contribution in [0.4, 0.5) is 11.5 Å². The molecular weight excluding hydrogens is 466 g/mol. The third-order valence-electron chi connectivity index (χ3n) is 5.44. The average Bonchev–Trinajstić information content (AvgIpc) is 3.32. The van der Waals surface area contributed by atoms with Crippen molar-refractivity contribution in [2.24, 2.45) is 0 Å². The number of carbonyl (C=O) groups is 1. The van der Waals surface area contributed by atoms with Gasteiger partial charge in [0.1, 0.15) is 12.1 Å². The molecule has 0 aliphatic heterocycles. The Bertz CT molecular complexity index is 1440. The van der Waals surface area contributed by atoms with Crippen LogP contribution in [0.15, 0.2) is 75.7 Å². The summed E-state index contributed by atoms with van der Waals surface area (Å²) in [6, 6.07) is 17.1. The molecule has 0 spiro atoms. The second kappa shape index (κ2) is 10.4. The van der Waals surface area contributed by atoms with E-state index < -0.39 is 11.2 Å². The number of anilines is 2. The number of hydrogen-bond donors (Lipinski definition) is 2. The van der Waals surface area contributed by atoms with Gasteiger partial charge in [-0.05, 0) is 31.5 Å². The SMILES string of the molecule is CCN(C(=O)CSc1nncn1-c1ccc(C)cc1)c1c(N)n(Cc2ccccc2)c(=O)[nH]c1=O. The summed E-state index contributed by atoms with van der Waals surface area (Å²) in [6.45, 7) is 4.10. The van der Waals surface area contributed by atoms with Crippen LogP contribution in [0.3, 0.4) is 0 Å². The summed E-state index contributed by atoms with van der Waals surface area (Å²) in [5.41, 5.74) is 7.71. The molecule has 0 atom stereocenters. The van der Waals surface area contributed by atoms with E-state index in [4.69, 9.17) is 5.73 Å². The highest BCUT2D eigenvalue weighted by atomic mass is 32.2. The summed E-state index contributed by atoms with van der Waals surface area (Å²) in [5, 5.41) is 8.62. The molecule has 0 saturated heterocycles. The lowest BCUT2D eigenvalue weighted by Gasteiger charge is -2.23. The molecule has 180 valence electrons. The number of nitrogen functional groups attached to an aromatic ring is 1. The monoisotopic (exact) mass is 491 g/mol. The molecule has 0 aliphatic rings. The molecule has 1 amide bonds. The van der Waals surface area contributed by atoms with Crippen LogP contribution in [0.1, 0.15) is 18.1 Å². The number of aryl methyl sites for hydroxylation is 1. The van der Waals surface area contributed by atoms with Crippen molar-refractivity contribution in [1.82, 2.24) is 24.3 Å². The van der Waals surface area contributed by atoms with Gasteiger partial charge in [0.05, 0.1) is 12.3 Å². The molecule has 10 nitrogen and oxygen atoms in total. The number of carbonyl (C=O) groups excluding carboxylic acids is 1. The maximum atomic E-state index is 13.2. The van der Waals surface area contributed by atoms with Crippen LogP contribution in [0, 0.1) is 6.92 Å². The molecule has 4 aromatic rings. The Morgan fingerprint density at radius 2 is 1.83 bits per heavy atom. The first kappa shape index (κ1) is 24.0. The van der Waals surface area contributed by atoms with Crippen LogP contribution in [0.2, 0.25) is 0 Å². The summed E-state index contributed by atoms with van der Waals surface area (Å²) in [5.74, 6) is -0.418. The van der Waals surface area contributed by atoms with Gasteiger partial charge in [-0.2, -0.15) is 0 Å². The minimum atomic E-state index is -0.708. The quantitative estimate of drug-likeness (QED) is 0.361. The number of hydrogen-bond acceptors (Lipinski definition) is 7. The summed E-state index contributed by atoms with van der Waals surface area (Å²) in [4.78, 5) is 41.9. The molecular formula is C24H25N7O3S. The number of benzene rings is 2. The molecule has 3 N–H and O–H groups in total. The first-order valence-corrected chi connectivity index (χ1v) is 11.9. The van der Waals surface area contributed by atoms with Crippen molar-refractivity contribution in [1.29, 1.82) is 0 Å². The number of nitrogens with two attached hydrogens (primary N) is 1. The van der Waals surface area contributed by atoms with Crippen molar-refractivity contribution in [3.63, 3.8) is 0 Å². The Labute approximate surface area is 205 Å². The normalized spacial score (nSPS) is 10.9. The van der Waals surface area contributed by atoms with Gasteiger partial charge in [0, 0.05) is 12.2 Å². The van der Waals surface area contributed by atoms with Crippen molar-refractivity contribution in [2.45, 2.75) is 25.5 Å². The zero-order valence-electron chi connectivity index (χ0n) is 19.3. The molecule has 2 aromatic heterocycles. The Morgan fingerprint density at radius 3 is 2.51 bits per heavy atom. The second-order valence-electron chi connectivity index (χ2n) is 7.81. The van der Waals surface area contributed by atoms with E-state index >= 15 is 0 Å². The summed E-state index contributed by atoms with van der Waals surface area (Å²) < 4.78 is 3.04. The third-order valence-corrected chi connectivity index (χ3v) is 6.37. The molecule has 0 unspecified atom stereocenters. The van der Waals surface area contributed by atoms with Gasteiger partial charge in [0.2, 0.25) is 5.91 Å². The minimum Gasteiger partial charge on any atom is -0.383 e. The number of rotatable bonds is 8. The Morgan fingerprint density at radius 1 is 1.11 bits per heavy atom. The van der Waals surface area contributed by atoms with E-state index in [1.165, 1.54) is 21.2 Å². The maximum Gasteiger partial charge on any atom is 0.330 e. The first-order chi connectivity index (χ1) is 16.9. The molecule has 0 radical (unpaired) electrons. The van der Waals surface area contributed by atoms with Gasteiger partial charge in [0.15, 0.2) is 10.8 Å². The predicted octanol–water partition coefficient (Wildman–Crippen LogP) is 2.20. The Hall–Kier alpha value is -4.12. The van der Waals surface area contributed by atoms with Crippen LogP contribution < -0.4 is 21.9 Å². The van der Waals surface area contributed by atoms with E-state index in [1.54, 1.807) is 17.8 Å². The number of amides is 1. The van der Waals surface area contributed by atoms with Gasteiger partial charge < -0.3 is 10.6 Å². The summed E-state index contributed by atoms with van der Waals surface area (Å²) in [6.07, 6.45) is 1.58. The van der Waals surface area contributed by atoms with Gasteiger partial charge >= 0.3 is 5.69 Å². The molecule has 0 aliphatic carbocycles. The van der Waals surface area contributed by atoms with Crippen LogP contribution in [0.25, 0.3) is 5.69 Å². The number of aromatic amines is 1. The molecule has 0 bridgehead atoms. The smallest absolute Gasteiger partial charge is 0.330 e. The molecule has 0 fully saturated rings. The van der Waals surface area contributed by atoms with Crippen LogP contribution >= 0.6 is 11.8 Å². The van der Waals surface area contributed by atoms with Gasteiger partial charge in [-0.15, -0.1) is 10.2 Å². The fourth-order valence-electron chi connectivity index (χ4n) is 3.63. The van der Waals surface area contributed by atoms with Crippen molar-refractivity contribution in [2.75, 3.05) is 22.9 Å². The number of nitrogens with zero attached hydrogens (tertiary/aromatic N) is 5. The van der Waals surface area contributed by atoms with E-state index in [-0.39, 0.29) is 36.3 Å². The Balaban J connectivity index is 1.58. The van der Waals surface area contributed by atoms with Gasteiger partial charge in [-0.3, -0.25) is 23.7 Å². The summed E-state index contributed by atoms with van der Waals surface area (Å²) in [7, 11) is 0. The molecule has 11 heteroatoms. The van der Waals surface area contributed by atoms with Gasteiger partial charge in [-0.25, -0.2) is 4.79 Å².